The van der Waals surface area contributed by atoms with Crippen LogP contribution in [0.15, 0.2) is 65.8 Å². The van der Waals surface area contributed by atoms with Crippen LogP contribution in [0.2, 0.25) is 0 Å². The maximum atomic E-state index is 12.6. The average Bonchev–Trinajstić information content (AvgIpc) is 2.79. The molecule has 1 saturated heterocycles. The maximum Gasteiger partial charge on any atom is 0.233 e. The SMILES string of the molecule is CC1CCN(C(=O)CSc2nnc(-c3ccccc3)c(-c3ccccc3)n2)CC1. The molecule has 1 amide bonds. The van der Waals surface area contributed by atoms with E-state index in [9.17, 15) is 4.79 Å². The molecule has 1 aromatic heterocycles. The van der Waals surface area contributed by atoms with Crippen molar-refractivity contribution in [3.05, 3.63) is 60.7 Å². The van der Waals surface area contributed by atoms with E-state index in [0.717, 1.165) is 48.4 Å². The first-order valence-electron chi connectivity index (χ1n) is 9.97. The van der Waals surface area contributed by atoms with Gasteiger partial charge in [0.1, 0.15) is 11.4 Å². The van der Waals surface area contributed by atoms with Gasteiger partial charge in [0.15, 0.2) is 0 Å². The van der Waals surface area contributed by atoms with Crippen molar-refractivity contribution in [2.45, 2.75) is 24.9 Å². The Bertz CT molecular complexity index is 957. The normalized spacial score (nSPS) is 14.7. The van der Waals surface area contributed by atoms with Crippen LogP contribution in [0.3, 0.4) is 0 Å². The summed E-state index contributed by atoms with van der Waals surface area (Å²) < 4.78 is 0. The maximum absolute atomic E-state index is 12.6. The van der Waals surface area contributed by atoms with E-state index in [1.54, 1.807) is 0 Å². The smallest absolute Gasteiger partial charge is 0.233 e. The second-order valence-corrected chi connectivity index (χ2v) is 8.32. The van der Waals surface area contributed by atoms with Crippen molar-refractivity contribution in [1.82, 2.24) is 20.1 Å². The topological polar surface area (TPSA) is 59.0 Å². The van der Waals surface area contributed by atoms with E-state index in [1.165, 1.54) is 11.8 Å². The van der Waals surface area contributed by atoms with Crippen LogP contribution in [0.25, 0.3) is 22.5 Å². The van der Waals surface area contributed by atoms with Gasteiger partial charge in [-0.25, -0.2) is 4.98 Å². The van der Waals surface area contributed by atoms with Crippen molar-refractivity contribution in [3.63, 3.8) is 0 Å². The second kappa shape index (κ2) is 9.18. The van der Waals surface area contributed by atoms with Crippen LogP contribution in [0.4, 0.5) is 0 Å². The molecular formula is C23H24N4OS. The van der Waals surface area contributed by atoms with Crippen molar-refractivity contribution in [2.24, 2.45) is 5.92 Å². The number of hydrogen-bond acceptors (Lipinski definition) is 5. The van der Waals surface area contributed by atoms with E-state index in [0.29, 0.717) is 16.8 Å². The van der Waals surface area contributed by atoms with Crippen molar-refractivity contribution >= 4 is 17.7 Å². The summed E-state index contributed by atoms with van der Waals surface area (Å²) >= 11 is 1.36. The zero-order valence-electron chi connectivity index (χ0n) is 16.5. The number of hydrogen-bond donors (Lipinski definition) is 0. The molecule has 0 saturated carbocycles. The molecule has 2 heterocycles. The first-order valence-corrected chi connectivity index (χ1v) is 11.0. The van der Waals surface area contributed by atoms with E-state index in [1.807, 2.05) is 65.6 Å². The molecule has 29 heavy (non-hydrogen) atoms. The molecule has 0 N–H and O–H groups in total. The molecule has 1 aliphatic rings. The van der Waals surface area contributed by atoms with Crippen molar-refractivity contribution < 1.29 is 4.79 Å². The minimum Gasteiger partial charge on any atom is -0.342 e. The molecule has 0 bridgehead atoms. The summed E-state index contributed by atoms with van der Waals surface area (Å²) in [6.45, 7) is 3.94. The molecule has 0 spiro atoms. The highest BCUT2D eigenvalue weighted by atomic mass is 32.2. The molecular weight excluding hydrogens is 380 g/mol. The van der Waals surface area contributed by atoms with Crippen LogP contribution >= 0.6 is 11.8 Å². The molecule has 4 rings (SSSR count). The van der Waals surface area contributed by atoms with Gasteiger partial charge in [-0.15, -0.1) is 10.2 Å². The molecule has 0 unspecified atom stereocenters. The zero-order chi connectivity index (χ0) is 20.1. The fraction of sp³-hybridized carbons (Fsp3) is 0.304. The van der Waals surface area contributed by atoms with Gasteiger partial charge < -0.3 is 4.90 Å². The third-order valence-corrected chi connectivity index (χ3v) is 6.05. The fourth-order valence-electron chi connectivity index (χ4n) is 3.44. The van der Waals surface area contributed by atoms with Gasteiger partial charge in [0.05, 0.1) is 5.75 Å². The summed E-state index contributed by atoms with van der Waals surface area (Å²) in [5.74, 6) is 1.20. The number of likely N-dealkylation sites (tertiary alicyclic amines) is 1. The number of nitrogens with zero attached hydrogens (tertiary/aromatic N) is 4. The summed E-state index contributed by atoms with van der Waals surface area (Å²) in [6.07, 6.45) is 2.16. The molecule has 1 fully saturated rings. The molecule has 6 heteroatoms. The molecule has 0 aliphatic carbocycles. The molecule has 1 aliphatic heterocycles. The van der Waals surface area contributed by atoms with Gasteiger partial charge in [-0.2, -0.15) is 0 Å². The van der Waals surface area contributed by atoms with E-state index in [4.69, 9.17) is 4.98 Å². The van der Waals surface area contributed by atoms with E-state index >= 15 is 0 Å². The molecule has 148 valence electrons. The number of piperidine rings is 1. The molecule has 3 aromatic rings. The average molecular weight is 405 g/mol. The number of amides is 1. The Morgan fingerprint density at radius 1 is 0.931 bits per heavy atom. The van der Waals surface area contributed by atoms with Crippen LogP contribution in [-0.2, 0) is 4.79 Å². The lowest BCUT2D eigenvalue weighted by atomic mass is 9.99. The Hall–Kier alpha value is -2.73. The monoisotopic (exact) mass is 404 g/mol. The lowest BCUT2D eigenvalue weighted by Crippen LogP contribution is -2.38. The Labute approximate surface area is 175 Å². The van der Waals surface area contributed by atoms with Crippen LogP contribution < -0.4 is 0 Å². The van der Waals surface area contributed by atoms with Gasteiger partial charge in [0, 0.05) is 24.2 Å². The standard InChI is InChI=1S/C23H24N4OS/c1-17-12-14-27(15-13-17)20(28)16-29-23-24-21(18-8-4-2-5-9-18)22(25-26-23)19-10-6-3-7-11-19/h2-11,17H,12-16H2,1H3. The van der Waals surface area contributed by atoms with E-state index in [-0.39, 0.29) is 5.91 Å². The number of carbonyl (C=O) groups is 1. The number of carbonyl (C=O) groups excluding carboxylic acids is 1. The Morgan fingerprint density at radius 3 is 2.14 bits per heavy atom. The highest BCUT2D eigenvalue weighted by Crippen LogP contribution is 2.29. The fourth-order valence-corrected chi connectivity index (χ4v) is 4.13. The van der Waals surface area contributed by atoms with Crippen LogP contribution in [0.5, 0.6) is 0 Å². The molecule has 2 aromatic carbocycles. The summed E-state index contributed by atoms with van der Waals surface area (Å²) in [5, 5.41) is 9.30. The Kier molecular flexibility index (Phi) is 6.20. The predicted molar refractivity (Wildman–Crippen MR) is 116 cm³/mol. The quantitative estimate of drug-likeness (QED) is 0.584. The first kappa shape index (κ1) is 19.6. The highest BCUT2D eigenvalue weighted by Gasteiger charge is 2.21. The largest absolute Gasteiger partial charge is 0.342 e. The summed E-state index contributed by atoms with van der Waals surface area (Å²) in [7, 11) is 0. The summed E-state index contributed by atoms with van der Waals surface area (Å²) in [5.41, 5.74) is 3.49. The van der Waals surface area contributed by atoms with Crippen molar-refractivity contribution in [3.8, 4) is 22.5 Å². The molecule has 0 atom stereocenters. The van der Waals surface area contributed by atoms with Crippen LogP contribution in [0.1, 0.15) is 19.8 Å². The zero-order valence-corrected chi connectivity index (χ0v) is 17.3. The highest BCUT2D eigenvalue weighted by molar-refractivity contribution is 7.99. The van der Waals surface area contributed by atoms with Gasteiger partial charge in [-0.1, -0.05) is 79.3 Å². The minimum absolute atomic E-state index is 0.152. The summed E-state index contributed by atoms with van der Waals surface area (Å²) in [4.78, 5) is 19.3. The van der Waals surface area contributed by atoms with Gasteiger partial charge in [-0.3, -0.25) is 4.79 Å². The number of thioether (sulfide) groups is 1. The van der Waals surface area contributed by atoms with Gasteiger partial charge >= 0.3 is 0 Å². The van der Waals surface area contributed by atoms with Crippen LogP contribution in [-0.4, -0.2) is 44.8 Å². The predicted octanol–water partition coefficient (Wildman–Crippen LogP) is 4.56. The minimum atomic E-state index is 0.152. The van der Waals surface area contributed by atoms with Gasteiger partial charge in [0.25, 0.3) is 0 Å². The van der Waals surface area contributed by atoms with Gasteiger partial charge in [0.2, 0.25) is 11.1 Å². The van der Waals surface area contributed by atoms with Crippen molar-refractivity contribution in [1.29, 1.82) is 0 Å². The van der Waals surface area contributed by atoms with Gasteiger partial charge in [-0.05, 0) is 18.8 Å². The van der Waals surface area contributed by atoms with E-state index in [2.05, 4.69) is 17.1 Å². The number of rotatable bonds is 5. The third-order valence-electron chi connectivity index (χ3n) is 5.22. The first-order chi connectivity index (χ1) is 14.2. The number of aromatic nitrogens is 3. The lowest BCUT2D eigenvalue weighted by Gasteiger charge is -2.30. The summed E-state index contributed by atoms with van der Waals surface area (Å²) in [6, 6.07) is 19.9. The Balaban J connectivity index is 1.55. The van der Waals surface area contributed by atoms with Crippen LogP contribution in [0, 0.1) is 5.92 Å². The number of benzene rings is 2. The third kappa shape index (κ3) is 4.82. The molecule has 5 nitrogen and oxygen atoms in total. The Morgan fingerprint density at radius 2 is 1.52 bits per heavy atom. The molecule has 0 radical (unpaired) electrons. The lowest BCUT2D eigenvalue weighted by molar-refractivity contribution is -0.129. The second-order valence-electron chi connectivity index (χ2n) is 7.38. The van der Waals surface area contributed by atoms with Crippen molar-refractivity contribution in [2.75, 3.05) is 18.8 Å². The van der Waals surface area contributed by atoms with E-state index < -0.39 is 0 Å².